The highest BCUT2D eigenvalue weighted by Crippen LogP contribution is 2.23. The molecule has 1 aliphatic heterocycles. The second kappa shape index (κ2) is 5.86. The lowest BCUT2D eigenvalue weighted by atomic mass is 9.85. The van der Waals surface area contributed by atoms with Crippen LogP contribution in [0.4, 0.5) is 0 Å². The maximum atomic E-state index is 11.1. The summed E-state index contributed by atoms with van der Waals surface area (Å²) in [6.07, 6.45) is 1.03. The molecule has 0 aliphatic carbocycles. The van der Waals surface area contributed by atoms with Crippen molar-refractivity contribution >= 4 is 5.91 Å². The maximum absolute atomic E-state index is 11.1. The average molecular weight is 223 g/mol. The zero-order valence-corrected chi connectivity index (χ0v) is 10.4. The molecule has 1 heterocycles. The smallest absolute Gasteiger partial charge is 0.217 e. The molecule has 2 atom stereocenters. The van der Waals surface area contributed by atoms with Crippen molar-refractivity contribution in [3.05, 3.63) is 0 Å². The summed E-state index contributed by atoms with van der Waals surface area (Å²) in [6, 6.07) is 2.38. The van der Waals surface area contributed by atoms with Crippen molar-refractivity contribution in [1.82, 2.24) is 10.2 Å². The molecule has 4 nitrogen and oxygen atoms in total. The standard InChI is InChI=1S/C12H21N3O/c1-9(2)11-6-12(14-10(3)16)8-15(7-11)5-4-13/h9,11-12H,5-8H2,1-3H3,(H,14,16). The molecular formula is C12H21N3O. The van der Waals surface area contributed by atoms with E-state index in [4.69, 9.17) is 5.26 Å². The first kappa shape index (κ1) is 13.0. The Morgan fingerprint density at radius 1 is 1.56 bits per heavy atom. The molecule has 0 saturated carbocycles. The van der Waals surface area contributed by atoms with Gasteiger partial charge in [-0.05, 0) is 18.3 Å². The predicted octanol–water partition coefficient (Wildman–Crippen LogP) is 0.993. The van der Waals surface area contributed by atoms with Gasteiger partial charge in [0, 0.05) is 26.1 Å². The minimum atomic E-state index is 0.0197. The van der Waals surface area contributed by atoms with Gasteiger partial charge in [-0.25, -0.2) is 0 Å². The number of nitriles is 1. The third-order valence-corrected chi connectivity index (χ3v) is 3.20. The Bertz CT molecular complexity index is 282. The number of nitrogens with zero attached hydrogens (tertiary/aromatic N) is 2. The fraction of sp³-hybridized carbons (Fsp3) is 0.833. The van der Waals surface area contributed by atoms with Crippen LogP contribution >= 0.6 is 0 Å². The summed E-state index contributed by atoms with van der Waals surface area (Å²) >= 11 is 0. The van der Waals surface area contributed by atoms with Gasteiger partial charge in [0.15, 0.2) is 0 Å². The quantitative estimate of drug-likeness (QED) is 0.726. The van der Waals surface area contributed by atoms with Crippen LogP contribution in [0.3, 0.4) is 0 Å². The molecule has 0 aromatic rings. The molecule has 0 bridgehead atoms. The lowest BCUT2D eigenvalue weighted by Gasteiger charge is -2.38. The van der Waals surface area contributed by atoms with E-state index in [2.05, 4.69) is 30.1 Å². The van der Waals surface area contributed by atoms with Gasteiger partial charge in [0.05, 0.1) is 12.6 Å². The Hall–Kier alpha value is -1.08. The van der Waals surface area contributed by atoms with Crippen LogP contribution in [0, 0.1) is 23.2 Å². The van der Waals surface area contributed by atoms with Crippen molar-refractivity contribution in [3.8, 4) is 6.07 Å². The van der Waals surface area contributed by atoms with Crippen LogP contribution in [-0.4, -0.2) is 36.5 Å². The number of rotatable bonds is 3. The minimum Gasteiger partial charge on any atom is -0.352 e. The van der Waals surface area contributed by atoms with Crippen molar-refractivity contribution in [2.45, 2.75) is 33.2 Å². The van der Waals surface area contributed by atoms with Gasteiger partial charge in [0.1, 0.15) is 0 Å². The van der Waals surface area contributed by atoms with Crippen molar-refractivity contribution in [2.24, 2.45) is 11.8 Å². The zero-order valence-electron chi connectivity index (χ0n) is 10.4. The number of likely N-dealkylation sites (tertiary alicyclic amines) is 1. The largest absolute Gasteiger partial charge is 0.352 e. The van der Waals surface area contributed by atoms with Gasteiger partial charge in [-0.2, -0.15) is 5.26 Å². The van der Waals surface area contributed by atoms with Gasteiger partial charge in [-0.3, -0.25) is 9.69 Å². The summed E-state index contributed by atoms with van der Waals surface area (Å²) < 4.78 is 0. The second-order valence-electron chi connectivity index (χ2n) is 4.99. The van der Waals surface area contributed by atoms with E-state index in [0.717, 1.165) is 19.5 Å². The summed E-state index contributed by atoms with van der Waals surface area (Å²) in [4.78, 5) is 13.2. The van der Waals surface area contributed by atoms with Gasteiger partial charge in [-0.15, -0.1) is 0 Å². The van der Waals surface area contributed by atoms with Gasteiger partial charge in [0.25, 0.3) is 0 Å². The van der Waals surface area contributed by atoms with Crippen molar-refractivity contribution < 1.29 is 4.79 Å². The monoisotopic (exact) mass is 223 g/mol. The normalized spacial score (nSPS) is 26.4. The van der Waals surface area contributed by atoms with Crippen LogP contribution in [0.2, 0.25) is 0 Å². The van der Waals surface area contributed by atoms with Crippen LogP contribution in [-0.2, 0) is 4.79 Å². The van der Waals surface area contributed by atoms with Crippen LogP contribution in [0.15, 0.2) is 0 Å². The molecule has 4 heteroatoms. The highest BCUT2D eigenvalue weighted by molar-refractivity contribution is 5.73. The SMILES string of the molecule is CC(=O)NC1CC(C(C)C)CN(CC#N)C1. The van der Waals surface area contributed by atoms with Crippen molar-refractivity contribution in [2.75, 3.05) is 19.6 Å². The lowest BCUT2D eigenvalue weighted by molar-refractivity contribution is -0.120. The first-order chi connectivity index (χ1) is 7.52. The third-order valence-electron chi connectivity index (χ3n) is 3.20. The number of carbonyl (C=O) groups excluding carboxylic acids is 1. The van der Waals surface area contributed by atoms with Gasteiger partial charge in [-0.1, -0.05) is 13.8 Å². The summed E-state index contributed by atoms with van der Waals surface area (Å²) in [5, 5.41) is 11.7. The van der Waals surface area contributed by atoms with E-state index in [-0.39, 0.29) is 11.9 Å². The molecule has 2 unspecified atom stereocenters. The van der Waals surface area contributed by atoms with Crippen LogP contribution in [0.1, 0.15) is 27.2 Å². The second-order valence-corrected chi connectivity index (χ2v) is 4.99. The first-order valence-corrected chi connectivity index (χ1v) is 5.89. The Morgan fingerprint density at radius 3 is 2.75 bits per heavy atom. The minimum absolute atomic E-state index is 0.0197. The van der Waals surface area contributed by atoms with E-state index in [0.29, 0.717) is 18.4 Å². The molecule has 0 radical (unpaired) electrons. The first-order valence-electron chi connectivity index (χ1n) is 5.89. The third kappa shape index (κ3) is 3.82. The topological polar surface area (TPSA) is 56.1 Å². The molecule has 16 heavy (non-hydrogen) atoms. The molecular weight excluding hydrogens is 202 g/mol. The molecule has 90 valence electrons. The van der Waals surface area contributed by atoms with E-state index in [1.165, 1.54) is 0 Å². The molecule has 0 aromatic heterocycles. The summed E-state index contributed by atoms with van der Waals surface area (Å²) in [6.45, 7) is 8.18. The highest BCUT2D eigenvalue weighted by atomic mass is 16.1. The average Bonchev–Trinajstić information content (AvgIpc) is 2.16. The number of nitrogens with one attached hydrogen (secondary N) is 1. The van der Waals surface area contributed by atoms with Gasteiger partial charge >= 0.3 is 0 Å². The van der Waals surface area contributed by atoms with Crippen molar-refractivity contribution in [3.63, 3.8) is 0 Å². The Morgan fingerprint density at radius 2 is 2.25 bits per heavy atom. The molecule has 1 rings (SSSR count). The molecule has 1 aliphatic rings. The number of carbonyl (C=O) groups is 1. The molecule has 1 amide bonds. The van der Waals surface area contributed by atoms with Crippen LogP contribution < -0.4 is 5.32 Å². The molecule has 1 saturated heterocycles. The molecule has 0 spiro atoms. The van der Waals surface area contributed by atoms with Crippen molar-refractivity contribution in [1.29, 1.82) is 5.26 Å². The van der Waals surface area contributed by atoms with E-state index in [1.807, 2.05) is 0 Å². The van der Waals surface area contributed by atoms with Gasteiger partial charge in [0.2, 0.25) is 5.91 Å². The fourth-order valence-corrected chi connectivity index (χ4v) is 2.34. The summed E-state index contributed by atoms with van der Waals surface area (Å²) in [5.41, 5.74) is 0. The molecule has 1 N–H and O–H groups in total. The van der Waals surface area contributed by atoms with E-state index in [9.17, 15) is 4.79 Å². The number of hydrogen-bond donors (Lipinski definition) is 1. The predicted molar refractivity (Wildman–Crippen MR) is 62.6 cm³/mol. The summed E-state index contributed by atoms with van der Waals surface area (Å²) in [7, 11) is 0. The molecule has 1 fully saturated rings. The van der Waals surface area contributed by atoms with Crippen LogP contribution in [0.25, 0.3) is 0 Å². The Balaban J connectivity index is 2.59. The van der Waals surface area contributed by atoms with E-state index in [1.54, 1.807) is 6.92 Å². The van der Waals surface area contributed by atoms with E-state index < -0.39 is 0 Å². The fourth-order valence-electron chi connectivity index (χ4n) is 2.34. The number of piperidine rings is 1. The summed E-state index contributed by atoms with van der Waals surface area (Å²) in [5.74, 6) is 1.18. The maximum Gasteiger partial charge on any atom is 0.217 e. The Labute approximate surface area is 97.6 Å². The van der Waals surface area contributed by atoms with Gasteiger partial charge < -0.3 is 5.32 Å². The van der Waals surface area contributed by atoms with E-state index >= 15 is 0 Å². The molecule has 0 aromatic carbocycles. The lowest BCUT2D eigenvalue weighted by Crippen LogP contribution is -2.51. The zero-order chi connectivity index (χ0) is 12.1. The Kier molecular flexibility index (Phi) is 4.75. The van der Waals surface area contributed by atoms with Crippen LogP contribution in [0.5, 0.6) is 0 Å². The number of hydrogen-bond acceptors (Lipinski definition) is 3. The number of amides is 1. The highest BCUT2D eigenvalue weighted by Gasteiger charge is 2.29.